The standard InChI is InChI=1S/C14H16N6O4S2/c1-19-13-10(9-16-19)8-15-14(18-13)17-11-4-6-12(7-5-11)20(25(2,21)22)26(3,23)24/h4-9H,1-3H3,(H,15,17,18). The van der Waals surface area contributed by atoms with E-state index in [1.54, 1.807) is 24.1 Å². The number of benzene rings is 1. The number of hydrogen-bond acceptors (Lipinski definition) is 8. The van der Waals surface area contributed by atoms with E-state index in [2.05, 4.69) is 20.4 Å². The SMILES string of the molecule is Cn1ncc2cnc(Nc3ccc(N(S(C)(=O)=O)S(C)(=O)=O)cc3)nc21. The van der Waals surface area contributed by atoms with Crippen molar-refractivity contribution in [2.45, 2.75) is 0 Å². The second kappa shape index (κ2) is 6.21. The van der Waals surface area contributed by atoms with Crippen LogP contribution in [0.1, 0.15) is 0 Å². The molecule has 0 radical (unpaired) electrons. The largest absolute Gasteiger partial charge is 0.324 e. The molecule has 3 aromatic rings. The number of nitrogens with zero attached hydrogens (tertiary/aromatic N) is 5. The molecule has 0 aliphatic carbocycles. The molecule has 0 spiro atoms. The van der Waals surface area contributed by atoms with E-state index in [1.807, 2.05) is 0 Å². The Balaban J connectivity index is 1.90. The smallest absolute Gasteiger partial charge is 0.245 e. The first-order chi connectivity index (χ1) is 12.1. The van der Waals surface area contributed by atoms with Crippen LogP contribution in [-0.2, 0) is 27.1 Å². The van der Waals surface area contributed by atoms with Gasteiger partial charge in [-0.3, -0.25) is 4.68 Å². The van der Waals surface area contributed by atoms with Gasteiger partial charge < -0.3 is 5.32 Å². The molecule has 0 saturated carbocycles. The zero-order valence-electron chi connectivity index (χ0n) is 14.1. The summed E-state index contributed by atoms with van der Waals surface area (Å²) in [6.07, 6.45) is 4.94. The topological polar surface area (TPSA) is 127 Å². The molecule has 12 heteroatoms. The van der Waals surface area contributed by atoms with Crippen molar-refractivity contribution in [1.82, 2.24) is 19.7 Å². The highest BCUT2D eigenvalue weighted by Crippen LogP contribution is 2.24. The van der Waals surface area contributed by atoms with Crippen LogP contribution in [0.5, 0.6) is 0 Å². The summed E-state index contributed by atoms with van der Waals surface area (Å²) >= 11 is 0. The van der Waals surface area contributed by atoms with Crippen molar-refractivity contribution in [2.24, 2.45) is 7.05 Å². The minimum Gasteiger partial charge on any atom is -0.324 e. The third-order valence-electron chi connectivity index (χ3n) is 3.41. The Kier molecular flexibility index (Phi) is 4.32. The number of fused-ring (bicyclic) bond motifs is 1. The molecule has 2 heterocycles. The molecule has 0 unspecified atom stereocenters. The lowest BCUT2D eigenvalue weighted by atomic mass is 10.3. The number of anilines is 3. The summed E-state index contributed by atoms with van der Waals surface area (Å²) < 4.78 is 49.1. The van der Waals surface area contributed by atoms with Crippen LogP contribution in [0.25, 0.3) is 11.0 Å². The highest BCUT2D eigenvalue weighted by molar-refractivity contribution is 8.09. The van der Waals surface area contributed by atoms with Crippen molar-refractivity contribution >= 4 is 48.4 Å². The van der Waals surface area contributed by atoms with Gasteiger partial charge in [-0.2, -0.15) is 13.8 Å². The van der Waals surface area contributed by atoms with E-state index >= 15 is 0 Å². The molecule has 0 amide bonds. The minimum atomic E-state index is -3.98. The summed E-state index contributed by atoms with van der Waals surface area (Å²) in [7, 11) is -6.20. The van der Waals surface area contributed by atoms with E-state index in [9.17, 15) is 16.8 Å². The maximum Gasteiger partial charge on any atom is 0.245 e. The molecule has 0 atom stereocenters. The third kappa shape index (κ3) is 3.60. The van der Waals surface area contributed by atoms with Crippen LogP contribution in [0, 0.1) is 0 Å². The van der Waals surface area contributed by atoms with Gasteiger partial charge in [-0.25, -0.2) is 21.8 Å². The lowest BCUT2D eigenvalue weighted by Crippen LogP contribution is -2.35. The minimum absolute atomic E-state index is 0.0172. The lowest BCUT2D eigenvalue weighted by molar-refractivity contribution is 0.590. The maximum atomic E-state index is 11.8. The Morgan fingerprint density at radius 3 is 2.19 bits per heavy atom. The molecule has 1 N–H and O–H groups in total. The molecule has 26 heavy (non-hydrogen) atoms. The average molecular weight is 396 g/mol. The predicted molar refractivity (Wildman–Crippen MR) is 98.2 cm³/mol. The molecule has 10 nitrogen and oxygen atoms in total. The van der Waals surface area contributed by atoms with Crippen LogP contribution in [0.4, 0.5) is 17.3 Å². The molecular weight excluding hydrogens is 380 g/mol. The van der Waals surface area contributed by atoms with Crippen LogP contribution in [-0.4, -0.2) is 49.1 Å². The molecule has 0 saturated heterocycles. The summed E-state index contributed by atoms with van der Waals surface area (Å²) in [6.45, 7) is 0. The van der Waals surface area contributed by atoms with Gasteiger partial charge >= 0.3 is 0 Å². The van der Waals surface area contributed by atoms with Gasteiger partial charge in [0.2, 0.25) is 26.0 Å². The fraction of sp³-hybridized carbons (Fsp3) is 0.214. The van der Waals surface area contributed by atoms with E-state index in [0.29, 0.717) is 21.0 Å². The monoisotopic (exact) mass is 396 g/mol. The molecule has 138 valence electrons. The maximum absolute atomic E-state index is 11.8. The Hall–Kier alpha value is -2.73. The summed E-state index contributed by atoms with van der Waals surface area (Å²) in [4.78, 5) is 8.52. The molecule has 0 aliphatic heterocycles. The van der Waals surface area contributed by atoms with Gasteiger partial charge in [0.05, 0.1) is 29.8 Å². The summed E-state index contributed by atoms with van der Waals surface area (Å²) in [5, 5.41) is 7.86. The molecule has 2 aromatic heterocycles. The quantitative estimate of drug-likeness (QED) is 0.672. The van der Waals surface area contributed by atoms with Crippen molar-refractivity contribution in [3.8, 4) is 0 Å². The van der Waals surface area contributed by atoms with Crippen molar-refractivity contribution in [2.75, 3.05) is 21.5 Å². The van der Waals surface area contributed by atoms with Crippen LogP contribution in [0.15, 0.2) is 36.7 Å². The summed E-state index contributed by atoms with van der Waals surface area (Å²) in [5.41, 5.74) is 1.24. The number of sulfonamides is 2. The zero-order chi connectivity index (χ0) is 19.1. The number of aryl methyl sites for hydroxylation is 1. The van der Waals surface area contributed by atoms with Crippen LogP contribution in [0.2, 0.25) is 0 Å². The second-order valence-corrected chi connectivity index (χ2v) is 9.53. The van der Waals surface area contributed by atoms with Crippen molar-refractivity contribution in [3.63, 3.8) is 0 Å². The second-order valence-electron chi connectivity index (χ2n) is 5.64. The van der Waals surface area contributed by atoms with Gasteiger partial charge in [-0.05, 0) is 24.3 Å². The van der Waals surface area contributed by atoms with Crippen LogP contribution in [0.3, 0.4) is 0 Å². The normalized spacial score (nSPS) is 12.3. The Labute approximate surface area is 150 Å². The van der Waals surface area contributed by atoms with Gasteiger partial charge in [0.1, 0.15) is 0 Å². The first kappa shape index (κ1) is 18.1. The predicted octanol–water partition coefficient (Wildman–Crippen LogP) is 0.832. The lowest BCUT2D eigenvalue weighted by Gasteiger charge is -2.19. The first-order valence-electron chi connectivity index (χ1n) is 7.28. The number of hydrogen-bond donors (Lipinski definition) is 1. The van der Waals surface area contributed by atoms with Crippen molar-refractivity contribution < 1.29 is 16.8 Å². The molecule has 3 rings (SSSR count). The average Bonchev–Trinajstić information content (AvgIpc) is 2.88. The van der Waals surface area contributed by atoms with Crippen LogP contribution < -0.4 is 9.03 Å². The van der Waals surface area contributed by atoms with Crippen molar-refractivity contribution in [3.05, 3.63) is 36.7 Å². The molecule has 0 fully saturated rings. The molecule has 0 aliphatic rings. The van der Waals surface area contributed by atoms with E-state index in [-0.39, 0.29) is 5.69 Å². The Bertz CT molecular complexity index is 1140. The summed E-state index contributed by atoms with van der Waals surface area (Å²) in [6, 6.07) is 5.84. The molecule has 1 aromatic carbocycles. The highest BCUT2D eigenvalue weighted by atomic mass is 32.3. The van der Waals surface area contributed by atoms with E-state index < -0.39 is 20.0 Å². The number of nitrogens with one attached hydrogen (secondary N) is 1. The van der Waals surface area contributed by atoms with Gasteiger partial charge in [-0.15, -0.1) is 0 Å². The Morgan fingerprint density at radius 2 is 1.62 bits per heavy atom. The first-order valence-corrected chi connectivity index (χ1v) is 11.0. The highest BCUT2D eigenvalue weighted by Gasteiger charge is 2.27. The zero-order valence-corrected chi connectivity index (χ0v) is 15.8. The number of aromatic nitrogens is 4. The van der Waals surface area contributed by atoms with Crippen molar-refractivity contribution in [1.29, 1.82) is 0 Å². The van der Waals surface area contributed by atoms with E-state index in [0.717, 1.165) is 17.9 Å². The number of rotatable bonds is 5. The van der Waals surface area contributed by atoms with E-state index in [1.165, 1.54) is 24.3 Å². The van der Waals surface area contributed by atoms with Gasteiger partial charge in [0.25, 0.3) is 0 Å². The fourth-order valence-electron chi connectivity index (χ4n) is 2.42. The van der Waals surface area contributed by atoms with Gasteiger partial charge in [-0.1, -0.05) is 0 Å². The van der Waals surface area contributed by atoms with Crippen LogP contribution >= 0.6 is 0 Å². The molecular formula is C14H16N6O4S2. The summed E-state index contributed by atoms with van der Waals surface area (Å²) in [5.74, 6) is 0.330. The van der Waals surface area contributed by atoms with Gasteiger partial charge in [0.15, 0.2) is 5.65 Å². The third-order valence-corrected chi connectivity index (χ3v) is 6.66. The van der Waals surface area contributed by atoms with Gasteiger partial charge in [0, 0.05) is 18.9 Å². The Morgan fingerprint density at radius 1 is 1.00 bits per heavy atom. The van der Waals surface area contributed by atoms with E-state index in [4.69, 9.17) is 0 Å². The molecule has 0 bridgehead atoms. The fourth-order valence-corrected chi connectivity index (χ4v) is 5.40.